The molecule has 0 heterocycles. The highest BCUT2D eigenvalue weighted by atomic mass is 14.9. The normalized spacial score (nSPS) is 24.4. The number of benzene rings is 1. The van der Waals surface area contributed by atoms with Crippen molar-refractivity contribution in [3.63, 3.8) is 0 Å². The fraction of sp³-hybridized carbons (Fsp3) is 0.667. The summed E-state index contributed by atoms with van der Waals surface area (Å²) in [4.78, 5) is 0. The van der Waals surface area contributed by atoms with Crippen LogP contribution < -0.4 is 5.32 Å². The highest BCUT2D eigenvalue weighted by Gasteiger charge is 2.20. The van der Waals surface area contributed by atoms with Crippen LogP contribution in [0.2, 0.25) is 0 Å². The summed E-state index contributed by atoms with van der Waals surface area (Å²) in [6.07, 6.45) is 6.72. The van der Waals surface area contributed by atoms with Gasteiger partial charge in [-0.3, -0.25) is 0 Å². The van der Waals surface area contributed by atoms with E-state index < -0.39 is 0 Å². The van der Waals surface area contributed by atoms with Gasteiger partial charge in [-0.25, -0.2) is 0 Å². The van der Waals surface area contributed by atoms with Gasteiger partial charge < -0.3 is 5.32 Å². The maximum atomic E-state index is 3.41. The Morgan fingerprint density at radius 1 is 1.00 bits per heavy atom. The van der Waals surface area contributed by atoms with Crippen molar-refractivity contribution in [2.75, 3.05) is 7.05 Å². The van der Waals surface area contributed by atoms with Crippen molar-refractivity contribution >= 4 is 0 Å². The third kappa shape index (κ3) is 4.07. The maximum absolute atomic E-state index is 3.41. The van der Waals surface area contributed by atoms with Crippen LogP contribution in [0.3, 0.4) is 0 Å². The SMILES string of the molecule is CNC1CCC(Cc2ccc(C(C)(C)C)cc2)CC1. The zero-order valence-electron chi connectivity index (χ0n) is 13.0. The molecular formula is C18H29N. The average molecular weight is 259 g/mol. The van der Waals surface area contributed by atoms with Crippen molar-refractivity contribution < 1.29 is 0 Å². The van der Waals surface area contributed by atoms with E-state index in [1.807, 2.05) is 0 Å². The van der Waals surface area contributed by atoms with Crippen LogP contribution in [0.1, 0.15) is 57.6 Å². The van der Waals surface area contributed by atoms with E-state index in [9.17, 15) is 0 Å². The van der Waals surface area contributed by atoms with Gasteiger partial charge in [0, 0.05) is 6.04 Å². The van der Waals surface area contributed by atoms with Crippen molar-refractivity contribution in [1.29, 1.82) is 0 Å². The summed E-state index contributed by atoms with van der Waals surface area (Å²) in [6.45, 7) is 6.84. The van der Waals surface area contributed by atoms with Crippen molar-refractivity contribution in [1.82, 2.24) is 5.32 Å². The molecule has 1 aliphatic carbocycles. The van der Waals surface area contributed by atoms with Crippen LogP contribution in [-0.4, -0.2) is 13.1 Å². The van der Waals surface area contributed by atoms with Gasteiger partial charge in [-0.05, 0) is 61.6 Å². The van der Waals surface area contributed by atoms with Crippen molar-refractivity contribution in [2.24, 2.45) is 5.92 Å². The number of nitrogens with one attached hydrogen (secondary N) is 1. The molecule has 2 rings (SSSR count). The zero-order valence-corrected chi connectivity index (χ0v) is 13.0. The third-order valence-electron chi connectivity index (χ3n) is 4.60. The standard InChI is InChI=1S/C18H29N/c1-18(2,3)16-9-5-14(6-10-16)13-15-7-11-17(19-4)12-8-15/h5-6,9-10,15,17,19H,7-8,11-13H2,1-4H3. The Morgan fingerprint density at radius 3 is 2.05 bits per heavy atom. The Hall–Kier alpha value is -0.820. The largest absolute Gasteiger partial charge is 0.317 e. The van der Waals surface area contributed by atoms with E-state index in [1.54, 1.807) is 0 Å². The van der Waals surface area contributed by atoms with Crippen LogP contribution in [0.5, 0.6) is 0 Å². The van der Waals surface area contributed by atoms with E-state index in [1.165, 1.54) is 43.2 Å². The zero-order chi connectivity index (χ0) is 13.9. The highest BCUT2D eigenvalue weighted by Crippen LogP contribution is 2.28. The lowest BCUT2D eigenvalue weighted by atomic mass is 9.81. The molecule has 106 valence electrons. The molecule has 0 amide bonds. The number of hydrogen-bond acceptors (Lipinski definition) is 1. The molecule has 0 aliphatic heterocycles. The molecule has 1 fully saturated rings. The lowest BCUT2D eigenvalue weighted by Gasteiger charge is -2.28. The summed E-state index contributed by atoms with van der Waals surface area (Å²) in [6, 6.07) is 10.1. The minimum Gasteiger partial charge on any atom is -0.317 e. The first kappa shape index (κ1) is 14.6. The molecule has 0 spiro atoms. The second-order valence-corrected chi connectivity index (χ2v) is 7.16. The molecule has 1 heteroatoms. The third-order valence-corrected chi connectivity index (χ3v) is 4.60. The predicted molar refractivity (Wildman–Crippen MR) is 83.7 cm³/mol. The fourth-order valence-electron chi connectivity index (χ4n) is 3.13. The maximum Gasteiger partial charge on any atom is 0.00642 e. The van der Waals surface area contributed by atoms with E-state index in [0.717, 1.165) is 12.0 Å². The quantitative estimate of drug-likeness (QED) is 0.853. The molecule has 1 N–H and O–H groups in total. The Bertz CT molecular complexity index is 377. The molecule has 1 aromatic rings. The van der Waals surface area contributed by atoms with Crippen LogP contribution in [0.25, 0.3) is 0 Å². The molecule has 0 bridgehead atoms. The van der Waals surface area contributed by atoms with E-state index >= 15 is 0 Å². The fourth-order valence-corrected chi connectivity index (χ4v) is 3.13. The molecule has 1 nitrogen and oxygen atoms in total. The first-order chi connectivity index (χ1) is 8.99. The number of rotatable bonds is 3. The van der Waals surface area contributed by atoms with Crippen molar-refractivity contribution in [3.05, 3.63) is 35.4 Å². The highest BCUT2D eigenvalue weighted by molar-refractivity contribution is 5.27. The predicted octanol–water partition coefficient (Wildman–Crippen LogP) is 4.30. The van der Waals surface area contributed by atoms with Gasteiger partial charge >= 0.3 is 0 Å². The van der Waals surface area contributed by atoms with Crippen LogP contribution in [0, 0.1) is 5.92 Å². The van der Waals surface area contributed by atoms with Gasteiger partial charge in [0.15, 0.2) is 0 Å². The van der Waals surface area contributed by atoms with Crippen LogP contribution >= 0.6 is 0 Å². The molecule has 1 aromatic carbocycles. The Morgan fingerprint density at radius 2 is 1.58 bits per heavy atom. The minimum absolute atomic E-state index is 0.267. The molecule has 1 aliphatic rings. The van der Waals surface area contributed by atoms with Gasteiger partial charge in [-0.15, -0.1) is 0 Å². The first-order valence-corrected chi connectivity index (χ1v) is 7.75. The Balaban J connectivity index is 1.90. The molecule has 0 unspecified atom stereocenters. The smallest absolute Gasteiger partial charge is 0.00642 e. The van der Waals surface area contributed by atoms with Gasteiger partial charge in [0.1, 0.15) is 0 Å². The summed E-state index contributed by atoms with van der Waals surface area (Å²) in [5.41, 5.74) is 3.22. The van der Waals surface area contributed by atoms with Crippen molar-refractivity contribution in [3.8, 4) is 0 Å². The van der Waals surface area contributed by atoms with Gasteiger partial charge in [0.05, 0.1) is 0 Å². The topological polar surface area (TPSA) is 12.0 Å². The summed E-state index contributed by atoms with van der Waals surface area (Å²) in [5, 5.41) is 3.41. The monoisotopic (exact) mass is 259 g/mol. The van der Waals surface area contributed by atoms with E-state index in [0.29, 0.717) is 0 Å². The molecule has 0 aromatic heterocycles. The van der Waals surface area contributed by atoms with E-state index in [-0.39, 0.29) is 5.41 Å². The lowest BCUT2D eigenvalue weighted by molar-refractivity contribution is 0.300. The van der Waals surface area contributed by atoms with Crippen LogP contribution in [0.4, 0.5) is 0 Å². The van der Waals surface area contributed by atoms with E-state index in [2.05, 4.69) is 57.4 Å². The molecular weight excluding hydrogens is 230 g/mol. The van der Waals surface area contributed by atoms with Crippen LogP contribution in [0.15, 0.2) is 24.3 Å². The second-order valence-electron chi connectivity index (χ2n) is 7.16. The first-order valence-electron chi connectivity index (χ1n) is 7.75. The van der Waals surface area contributed by atoms with Gasteiger partial charge in [-0.1, -0.05) is 45.0 Å². The van der Waals surface area contributed by atoms with Gasteiger partial charge in [0.2, 0.25) is 0 Å². The molecule has 1 saturated carbocycles. The Labute approximate surface area is 118 Å². The molecule has 0 saturated heterocycles. The van der Waals surface area contributed by atoms with E-state index in [4.69, 9.17) is 0 Å². The minimum atomic E-state index is 0.267. The van der Waals surface area contributed by atoms with Gasteiger partial charge in [0.25, 0.3) is 0 Å². The van der Waals surface area contributed by atoms with Crippen LogP contribution in [-0.2, 0) is 11.8 Å². The Kier molecular flexibility index (Phi) is 4.67. The second kappa shape index (κ2) is 6.09. The summed E-state index contributed by atoms with van der Waals surface area (Å²) < 4.78 is 0. The van der Waals surface area contributed by atoms with Crippen molar-refractivity contribution in [2.45, 2.75) is 64.3 Å². The van der Waals surface area contributed by atoms with Gasteiger partial charge in [-0.2, -0.15) is 0 Å². The molecule has 0 radical (unpaired) electrons. The lowest BCUT2D eigenvalue weighted by Crippen LogP contribution is -2.30. The number of hydrogen-bond donors (Lipinski definition) is 1. The average Bonchev–Trinajstić information content (AvgIpc) is 2.39. The summed E-state index contributed by atoms with van der Waals surface area (Å²) in [7, 11) is 2.09. The summed E-state index contributed by atoms with van der Waals surface area (Å²) in [5.74, 6) is 0.894. The molecule has 19 heavy (non-hydrogen) atoms. The molecule has 0 atom stereocenters. The summed E-state index contributed by atoms with van der Waals surface area (Å²) >= 11 is 0.